The van der Waals surface area contributed by atoms with Gasteiger partial charge in [-0.05, 0) is 88.0 Å². The van der Waals surface area contributed by atoms with E-state index in [0.717, 1.165) is 6.42 Å². The van der Waals surface area contributed by atoms with Crippen molar-refractivity contribution in [3.63, 3.8) is 0 Å². The second-order valence-electron chi connectivity index (χ2n) is 7.77. The molecule has 0 atom stereocenters. The van der Waals surface area contributed by atoms with Crippen LogP contribution < -0.4 is 0 Å². The number of unbranched alkanes of at least 4 members (excludes halogenated alkanes) is 1. The second kappa shape index (κ2) is 12.1. The number of hydrogen-bond donors (Lipinski definition) is 0. The molecule has 0 aliphatic rings. The van der Waals surface area contributed by atoms with Crippen molar-refractivity contribution in [2.24, 2.45) is 0 Å². The Bertz CT molecular complexity index is 750. The summed E-state index contributed by atoms with van der Waals surface area (Å²) in [6.07, 6.45) is 6.06. The van der Waals surface area contributed by atoms with Gasteiger partial charge in [0.05, 0.1) is 0 Å². The fourth-order valence-electron chi connectivity index (χ4n) is 3.56. The van der Waals surface area contributed by atoms with Crippen LogP contribution in [0.5, 0.6) is 0 Å². The molecule has 0 amide bonds. The largest absolute Gasteiger partial charge is 0.303 e. The van der Waals surface area contributed by atoms with Gasteiger partial charge in [0.2, 0.25) is 0 Å². The molecule has 2 aromatic carbocycles. The lowest BCUT2D eigenvalue weighted by Crippen LogP contribution is -2.26. The van der Waals surface area contributed by atoms with E-state index in [-0.39, 0.29) is 0 Å². The van der Waals surface area contributed by atoms with E-state index in [1.54, 1.807) is 0 Å². The Labute approximate surface area is 177 Å². The van der Waals surface area contributed by atoms with Crippen LogP contribution in [0.4, 0.5) is 0 Å². The van der Waals surface area contributed by atoms with Gasteiger partial charge < -0.3 is 4.90 Å². The summed E-state index contributed by atoms with van der Waals surface area (Å²) in [5.41, 5.74) is 5.23. The number of benzene rings is 2. The van der Waals surface area contributed by atoms with Crippen LogP contribution in [0.25, 0.3) is 5.57 Å². The maximum absolute atomic E-state index is 4.44. The van der Waals surface area contributed by atoms with Gasteiger partial charge in [-0.3, -0.25) is 0 Å². The van der Waals surface area contributed by atoms with Gasteiger partial charge in [0.15, 0.2) is 0 Å². The first kappa shape index (κ1) is 22.8. The highest BCUT2D eigenvalue weighted by molar-refractivity contribution is 7.99. The molecule has 0 aliphatic carbocycles. The molecule has 0 unspecified atom stereocenters. The molecule has 0 bridgehead atoms. The molecular formula is C26H37NS. The first-order chi connectivity index (χ1) is 13.5. The summed E-state index contributed by atoms with van der Waals surface area (Å²) in [6.45, 7) is 17.0. The highest BCUT2D eigenvalue weighted by Crippen LogP contribution is 2.36. The lowest BCUT2D eigenvalue weighted by atomic mass is 10.0. The minimum atomic E-state index is 1.07. The zero-order valence-corrected chi connectivity index (χ0v) is 19.1. The van der Waals surface area contributed by atoms with Gasteiger partial charge in [0.25, 0.3) is 0 Å². The molecule has 0 aliphatic heterocycles. The molecule has 0 aromatic heterocycles. The third-order valence-electron chi connectivity index (χ3n) is 5.14. The first-order valence-electron chi connectivity index (χ1n) is 10.8. The third-order valence-corrected chi connectivity index (χ3v) is 6.39. The smallest absolute Gasteiger partial charge is 0.0197 e. The van der Waals surface area contributed by atoms with E-state index in [1.807, 2.05) is 11.8 Å². The molecule has 0 fully saturated rings. The molecule has 0 heterocycles. The maximum atomic E-state index is 4.44. The standard InChI is InChI=1S/C26H37NS/c1-6-8-18-27(17-7-2)19-11-12-22(4)24-13-9-10-14-26(24)28-25-16-15-21(3)20-23(25)5/h9-10,13-16,20H,4,6-8,11-12,17-19H2,1-3,5H3. The van der Waals surface area contributed by atoms with Crippen molar-refractivity contribution in [3.8, 4) is 0 Å². The number of aryl methyl sites for hydroxylation is 2. The summed E-state index contributed by atoms with van der Waals surface area (Å²) in [5.74, 6) is 0. The van der Waals surface area contributed by atoms with Crippen molar-refractivity contribution >= 4 is 17.3 Å². The molecule has 152 valence electrons. The van der Waals surface area contributed by atoms with Crippen molar-refractivity contribution in [1.29, 1.82) is 0 Å². The average Bonchev–Trinajstić information content (AvgIpc) is 2.68. The van der Waals surface area contributed by atoms with Gasteiger partial charge in [0.1, 0.15) is 0 Å². The van der Waals surface area contributed by atoms with E-state index in [0.29, 0.717) is 0 Å². The fourth-order valence-corrected chi connectivity index (χ4v) is 4.63. The molecule has 0 saturated heterocycles. The van der Waals surface area contributed by atoms with Crippen LogP contribution >= 0.6 is 11.8 Å². The fraction of sp³-hybridized carbons (Fsp3) is 0.462. The van der Waals surface area contributed by atoms with Gasteiger partial charge in [-0.2, -0.15) is 0 Å². The van der Waals surface area contributed by atoms with Crippen LogP contribution in [0.15, 0.2) is 58.8 Å². The average molecular weight is 396 g/mol. The van der Waals surface area contributed by atoms with E-state index in [2.05, 4.69) is 81.6 Å². The number of hydrogen-bond acceptors (Lipinski definition) is 2. The van der Waals surface area contributed by atoms with Crippen molar-refractivity contribution in [3.05, 3.63) is 65.7 Å². The minimum Gasteiger partial charge on any atom is -0.303 e. The Hall–Kier alpha value is -1.51. The molecule has 2 heteroatoms. The topological polar surface area (TPSA) is 3.24 Å². The Morgan fingerprint density at radius 2 is 1.64 bits per heavy atom. The van der Waals surface area contributed by atoms with Gasteiger partial charge in [0, 0.05) is 9.79 Å². The Morgan fingerprint density at radius 1 is 0.893 bits per heavy atom. The lowest BCUT2D eigenvalue weighted by molar-refractivity contribution is 0.268. The Kier molecular flexibility index (Phi) is 9.87. The summed E-state index contributed by atoms with van der Waals surface area (Å²) in [6, 6.07) is 15.4. The number of allylic oxidation sites excluding steroid dienone is 1. The zero-order valence-electron chi connectivity index (χ0n) is 18.3. The molecule has 1 nitrogen and oxygen atoms in total. The molecule has 2 rings (SSSR count). The Balaban J connectivity index is 1.99. The summed E-state index contributed by atoms with van der Waals surface area (Å²) < 4.78 is 0. The van der Waals surface area contributed by atoms with E-state index in [9.17, 15) is 0 Å². The van der Waals surface area contributed by atoms with Gasteiger partial charge in [-0.25, -0.2) is 0 Å². The summed E-state index contributed by atoms with van der Waals surface area (Å²) in [7, 11) is 0. The van der Waals surface area contributed by atoms with E-state index < -0.39 is 0 Å². The maximum Gasteiger partial charge on any atom is 0.0197 e. The molecular weight excluding hydrogens is 358 g/mol. The quantitative estimate of drug-likeness (QED) is 0.361. The third kappa shape index (κ3) is 7.14. The number of nitrogens with zero attached hydrogens (tertiary/aromatic N) is 1. The van der Waals surface area contributed by atoms with Gasteiger partial charge in [-0.1, -0.05) is 74.5 Å². The summed E-state index contributed by atoms with van der Waals surface area (Å²) in [4.78, 5) is 5.27. The van der Waals surface area contributed by atoms with E-state index in [4.69, 9.17) is 0 Å². The highest BCUT2D eigenvalue weighted by atomic mass is 32.2. The minimum absolute atomic E-state index is 1.07. The van der Waals surface area contributed by atoms with E-state index >= 15 is 0 Å². The molecule has 0 radical (unpaired) electrons. The lowest BCUT2D eigenvalue weighted by Gasteiger charge is -2.21. The molecule has 28 heavy (non-hydrogen) atoms. The number of rotatable bonds is 12. The second-order valence-corrected chi connectivity index (χ2v) is 8.85. The molecule has 2 aromatic rings. The Morgan fingerprint density at radius 3 is 2.36 bits per heavy atom. The van der Waals surface area contributed by atoms with Crippen molar-refractivity contribution in [2.45, 2.75) is 69.6 Å². The van der Waals surface area contributed by atoms with Gasteiger partial charge in [-0.15, -0.1) is 0 Å². The van der Waals surface area contributed by atoms with Crippen molar-refractivity contribution in [1.82, 2.24) is 4.90 Å². The van der Waals surface area contributed by atoms with Crippen LogP contribution in [0.3, 0.4) is 0 Å². The molecule has 0 spiro atoms. The van der Waals surface area contributed by atoms with E-state index in [1.165, 1.54) is 77.4 Å². The zero-order chi connectivity index (χ0) is 20.4. The van der Waals surface area contributed by atoms with Crippen LogP contribution in [0, 0.1) is 13.8 Å². The first-order valence-corrected chi connectivity index (χ1v) is 11.6. The monoisotopic (exact) mass is 395 g/mol. The van der Waals surface area contributed by atoms with Crippen LogP contribution in [-0.4, -0.2) is 24.5 Å². The van der Waals surface area contributed by atoms with Crippen LogP contribution in [0.2, 0.25) is 0 Å². The highest BCUT2D eigenvalue weighted by Gasteiger charge is 2.10. The van der Waals surface area contributed by atoms with Crippen molar-refractivity contribution < 1.29 is 0 Å². The summed E-state index contributed by atoms with van der Waals surface area (Å²) in [5, 5.41) is 0. The molecule has 0 saturated carbocycles. The SMILES string of the molecule is C=C(CCCN(CCC)CCCC)c1ccccc1Sc1ccc(C)cc1C. The predicted molar refractivity (Wildman–Crippen MR) is 126 cm³/mol. The van der Waals surface area contributed by atoms with Crippen molar-refractivity contribution in [2.75, 3.05) is 19.6 Å². The van der Waals surface area contributed by atoms with Crippen LogP contribution in [0.1, 0.15) is 62.6 Å². The van der Waals surface area contributed by atoms with Gasteiger partial charge >= 0.3 is 0 Å². The van der Waals surface area contributed by atoms with Crippen LogP contribution in [-0.2, 0) is 0 Å². The normalized spacial score (nSPS) is 11.2. The molecule has 0 N–H and O–H groups in total. The predicted octanol–water partition coefficient (Wildman–Crippen LogP) is 7.76. The summed E-state index contributed by atoms with van der Waals surface area (Å²) >= 11 is 1.87.